The number of para-hydroxylation sites is 1. The van der Waals surface area contributed by atoms with Gasteiger partial charge in [-0.1, -0.05) is 133 Å². The van der Waals surface area contributed by atoms with Crippen molar-refractivity contribution in [2.45, 2.75) is 0 Å². The van der Waals surface area contributed by atoms with E-state index in [1.165, 1.54) is 14.8 Å². The van der Waals surface area contributed by atoms with E-state index in [-0.39, 0.29) is 0 Å². The molecular formula is C49H27N5OS2. The summed E-state index contributed by atoms with van der Waals surface area (Å²) in [4.78, 5) is 26.0. The first-order chi connectivity index (χ1) is 28.2. The molecule has 0 bridgehead atoms. The first-order valence-corrected chi connectivity index (χ1v) is 20.3. The van der Waals surface area contributed by atoms with Crippen molar-refractivity contribution in [1.29, 1.82) is 0 Å². The highest BCUT2D eigenvalue weighted by Crippen LogP contribution is 2.46. The van der Waals surface area contributed by atoms with Crippen LogP contribution in [0.25, 0.3) is 119 Å². The Morgan fingerprint density at radius 1 is 0.368 bits per heavy atom. The monoisotopic (exact) mass is 765 g/mol. The van der Waals surface area contributed by atoms with Gasteiger partial charge in [-0.25, -0.2) is 24.9 Å². The molecule has 57 heavy (non-hydrogen) atoms. The van der Waals surface area contributed by atoms with Crippen molar-refractivity contribution in [1.82, 2.24) is 24.9 Å². The van der Waals surface area contributed by atoms with Crippen LogP contribution in [0.3, 0.4) is 0 Å². The van der Waals surface area contributed by atoms with Gasteiger partial charge in [0.15, 0.2) is 28.9 Å². The minimum absolute atomic E-state index is 0.624. The number of hydrogen-bond acceptors (Lipinski definition) is 8. The van der Waals surface area contributed by atoms with Crippen LogP contribution < -0.4 is 0 Å². The molecule has 12 rings (SSSR count). The van der Waals surface area contributed by atoms with Gasteiger partial charge in [0.1, 0.15) is 16.8 Å². The number of rotatable bonds is 5. The summed E-state index contributed by atoms with van der Waals surface area (Å²) in [5, 5.41) is 5.52. The molecular weight excluding hydrogens is 739 g/mol. The highest BCUT2D eigenvalue weighted by molar-refractivity contribution is 7.26. The zero-order valence-electron chi connectivity index (χ0n) is 30.0. The lowest BCUT2D eigenvalue weighted by molar-refractivity contribution is 0.667. The molecule has 0 radical (unpaired) electrons. The maximum absolute atomic E-state index is 6.56. The lowest BCUT2D eigenvalue weighted by Gasteiger charge is -2.11. The fourth-order valence-electron chi connectivity index (χ4n) is 8.00. The number of hydrogen-bond donors (Lipinski definition) is 0. The summed E-state index contributed by atoms with van der Waals surface area (Å²) < 4.78 is 11.2. The molecule has 0 aliphatic heterocycles. The Kier molecular flexibility index (Phi) is 7.17. The standard InChI is InChI=1S/C49H27N5OS2/c1-3-14-28(15-4-1)46-50-42-30-18-7-9-24-36(30)55-44(42)43(51-46)35-23-11-20-32-41-34(22-13-27-39(41)57-45(32)35)49-53-47(29-16-5-2-6-17-29)52-48(54-49)33-21-12-26-38-40(33)31-19-8-10-25-37(31)56-38/h1-27H. The van der Waals surface area contributed by atoms with Crippen LogP contribution in [0.2, 0.25) is 0 Å². The summed E-state index contributed by atoms with van der Waals surface area (Å²) in [7, 11) is 0. The quantitative estimate of drug-likeness (QED) is 0.174. The summed E-state index contributed by atoms with van der Waals surface area (Å²) >= 11 is 3.53. The van der Waals surface area contributed by atoms with Gasteiger partial charge < -0.3 is 4.42 Å². The number of nitrogens with zero attached hydrogens (tertiary/aromatic N) is 5. The zero-order chi connectivity index (χ0) is 37.5. The van der Waals surface area contributed by atoms with E-state index in [0.717, 1.165) is 75.6 Å². The first kappa shape index (κ1) is 32.1. The summed E-state index contributed by atoms with van der Waals surface area (Å²) in [5.74, 6) is 2.56. The van der Waals surface area contributed by atoms with Gasteiger partial charge in [-0.2, -0.15) is 0 Å². The SMILES string of the molecule is c1ccc(-c2nc(-c3cccc4sc5ccccc5c34)nc(-c3cccc4sc5c(-c6nc(-c7ccccc7)nc7c6oc6ccccc67)cccc5c34)n2)cc1. The molecule has 8 heteroatoms. The molecule has 0 N–H and O–H groups in total. The second-order valence-electron chi connectivity index (χ2n) is 14.0. The summed E-state index contributed by atoms with van der Waals surface area (Å²) in [6.07, 6.45) is 0. The molecule has 0 saturated heterocycles. The van der Waals surface area contributed by atoms with E-state index in [4.69, 9.17) is 29.3 Å². The summed E-state index contributed by atoms with van der Waals surface area (Å²) in [6.45, 7) is 0. The number of thiophene rings is 2. The average molecular weight is 766 g/mol. The van der Waals surface area contributed by atoms with Crippen molar-refractivity contribution in [2.75, 3.05) is 0 Å². The van der Waals surface area contributed by atoms with Crippen molar-refractivity contribution < 1.29 is 4.42 Å². The molecule has 6 nitrogen and oxygen atoms in total. The largest absolute Gasteiger partial charge is 0.452 e. The summed E-state index contributed by atoms with van der Waals surface area (Å²) in [6, 6.07) is 56.2. The fraction of sp³-hybridized carbons (Fsp3) is 0. The van der Waals surface area contributed by atoms with E-state index in [0.29, 0.717) is 28.9 Å². The van der Waals surface area contributed by atoms with Crippen LogP contribution in [0, 0.1) is 0 Å². The van der Waals surface area contributed by atoms with Crippen LogP contribution in [-0.2, 0) is 0 Å². The van der Waals surface area contributed by atoms with E-state index >= 15 is 0 Å². The van der Waals surface area contributed by atoms with Gasteiger partial charge in [-0.15, -0.1) is 22.7 Å². The smallest absolute Gasteiger partial charge is 0.180 e. The minimum Gasteiger partial charge on any atom is -0.452 e. The van der Waals surface area contributed by atoms with Crippen molar-refractivity contribution in [2.24, 2.45) is 0 Å². The van der Waals surface area contributed by atoms with Crippen molar-refractivity contribution >= 4 is 85.1 Å². The van der Waals surface area contributed by atoms with Crippen LogP contribution in [0.1, 0.15) is 0 Å². The van der Waals surface area contributed by atoms with Crippen molar-refractivity contribution in [3.05, 3.63) is 164 Å². The van der Waals surface area contributed by atoms with Gasteiger partial charge >= 0.3 is 0 Å². The van der Waals surface area contributed by atoms with E-state index < -0.39 is 0 Å². The Morgan fingerprint density at radius 2 is 0.895 bits per heavy atom. The van der Waals surface area contributed by atoms with Gasteiger partial charge in [-0.3, -0.25) is 0 Å². The van der Waals surface area contributed by atoms with Gasteiger partial charge in [0.2, 0.25) is 0 Å². The van der Waals surface area contributed by atoms with Gasteiger partial charge in [0.05, 0.1) is 0 Å². The molecule has 0 saturated carbocycles. The Bertz CT molecular complexity index is 3540. The fourth-order valence-corrected chi connectivity index (χ4v) is 10.4. The number of aromatic nitrogens is 5. The van der Waals surface area contributed by atoms with Crippen LogP contribution in [-0.4, -0.2) is 24.9 Å². The molecule has 5 heterocycles. The Labute approximate surface area is 333 Å². The molecule has 7 aromatic carbocycles. The number of furan rings is 1. The lowest BCUT2D eigenvalue weighted by Crippen LogP contribution is -2.00. The van der Waals surface area contributed by atoms with E-state index in [1.807, 2.05) is 66.7 Å². The second kappa shape index (κ2) is 12.7. The first-order valence-electron chi connectivity index (χ1n) is 18.7. The predicted molar refractivity (Wildman–Crippen MR) is 236 cm³/mol. The third kappa shape index (κ3) is 5.12. The molecule has 0 spiro atoms. The predicted octanol–water partition coefficient (Wildman–Crippen LogP) is 13.6. The molecule has 0 atom stereocenters. The van der Waals surface area contributed by atoms with E-state index in [1.54, 1.807) is 22.7 Å². The molecule has 0 fully saturated rings. The van der Waals surface area contributed by atoms with Crippen LogP contribution in [0.4, 0.5) is 0 Å². The molecule has 0 unspecified atom stereocenters. The second-order valence-corrected chi connectivity index (χ2v) is 16.1. The van der Waals surface area contributed by atoms with E-state index in [9.17, 15) is 0 Å². The molecule has 12 aromatic rings. The van der Waals surface area contributed by atoms with E-state index in [2.05, 4.69) is 97.1 Å². The minimum atomic E-state index is 0.624. The Hall–Kier alpha value is -7.13. The third-order valence-corrected chi connectivity index (χ3v) is 12.9. The average Bonchev–Trinajstić information content (AvgIpc) is 3.98. The topological polar surface area (TPSA) is 77.6 Å². The van der Waals surface area contributed by atoms with Crippen LogP contribution >= 0.6 is 22.7 Å². The molecule has 0 aliphatic carbocycles. The van der Waals surface area contributed by atoms with Crippen molar-refractivity contribution in [3.8, 4) is 56.8 Å². The van der Waals surface area contributed by atoms with Crippen LogP contribution in [0.15, 0.2) is 168 Å². The maximum atomic E-state index is 6.56. The normalized spacial score (nSPS) is 11.9. The van der Waals surface area contributed by atoms with Gasteiger partial charge in [-0.05, 0) is 30.3 Å². The molecule has 0 aliphatic rings. The number of benzene rings is 7. The Balaban J connectivity index is 1.11. The highest BCUT2D eigenvalue weighted by Gasteiger charge is 2.23. The molecule has 0 amide bonds. The molecule has 266 valence electrons. The van der Waals surface area contributed by atoms with Crippen LogP contribution in [0.5, 0.6) is 0 Å². The maximum Gasteiger partial charge on any atom is 0.180 e. The Morgan fingerprint density at radius 3 is 1.63 bits per heavy atom. The highest BCUT2D eigenvalue weighted by atomic mass is 32.1. The van der Waals surface area contributed by atoms with Gasteiger partial charge in [0.25, 0.3) is 0 Å². The lowest BCUT2D eigenvalue weighted by atomic mass is 10.0. The molecule has 5 aromatic heterocycles. The number of fused-ring (bicyclic) bond motifs is 9. The van der Waals surface area contributed by atoms with Gasteiger partial charge in [0, 0.05) is 73.5 Å². The third-order valence-electron chi connectivity index (χ3n) is 10.6. The zero-order valence-corrected chi connectivity index (χ0v) is 31.7. The summed E-state index contributed by atoms with van der Waals surface area (Å²) in [5.41, 5.74) is 7.82. The van der Waals surface area contributed by atoms with Crippen molar-refractivity contribution in [3.63, 3.8) is 0 Å².